The fourth-order valence-corrected chi connectivity index (χ4v) is 6.75. The highest BCUT2D eigenvalue weighted by atomic mass is 19.2. The van der Waals surface area contributed by atoms with E-state index in [2.05, 4.69) is 31.2 Å². The van der Waals surface area contributed by atoms with Crippen molar-refractivity contribution in [1.29, 1.82) is 0 Å². The van der Waals surface area contributed by atoms with Crippen LogP contribution >= 0.6 is 0 Å². The molecule has 0 aromatic heterocycles. The molecule has 4 atom stereocenters. The first-order valence-corrected chi connectivity index (χ1v) is 15.1. The van der Waals surface area contributed by atoms with Gasteiger partial charge in [-0.15, -0.1) is 0 Å². The number of halogens is 2. The minimum absolute atomic E-state index is 0.113. The molecule has 0 heterocycles. The van der Waals surface area contributed by atoms with Crippen LogP contribution in [0.25, 0.3) is 0 Å². The summed E-state index contributed by atoms with van der Waals surface area (Å²) in [5, 5.41) is 0. The molecule has 0 N–H and O–H groups in total. The number of ether oxygens (including phenoxy) is 3. The number of benzene rings is 3. The minimum Gasteiger partial charge on any atom is -0.491 e. The van der Waals surface area contributed by atoms with E-state index in [4.69, 9.17) is 14.2 Å². The van der Waals surface area contributed by atoms with Crippen molar-refractivity contribution in [3.8, 4) is 17.2 Å². The fraction of sp³-hybridized carbons (Fsp3) is 0.486. The molecule has 0 saturated heterocycles. The van der Waals surface area contributed by atoms with E-state index in [-0.39, 0.29) is 24.7 Å². The van der Waals surface area contributed by atoms with Crippen LogP contribution in [0.4, 0.5) is 8.78 Å². The summed E-state index contributed by atoms with van der Waals surface area (Å²) >= 11 is 0. The summed E-state index contributed by atoms with van der Waals surface area (Å²) < 4.78 is 45.0. The highest BCUT2D eigenvalue weighted by Gasteiger charge is 2.35. The van der Waals surface area contributed by atoms with E-state index in [0.717, 1.165) is 34.6 Å². The summed E-state index contributed by atoms with van der Waals surface area (Å²) in [7, 11) is 0. The topological polar surface area (TPSA) is 27.7 Å². The van der Waals surface area contributed by atoms with E-state index in [1.165, 1.54) is 69.1 Å². The van der Waals surface area contributed by atoms with E-state index < -0.39 is 11.6 Å². The number of rotatable bonds is 11. The van der Waals surface area contributed by atoms with Crippen molar-refractivity contribution in [2.24, 2.45) is 17.8 Å². The maximum Gasteiger partial charge on any atom is 0.204 e. The van der Waals surface area contributed by atoms with Gasteiger partial charge in [-0.2, -0.15) is 8.78 Å². The van der Waals surface area contributed by atoms with Crippen molar-refractivity contribution in [1.82, 2.24) is 0 Å². The Morgan fingerprint density at radius 3 is 1.90 bits per heavy atom. The van der Waals surface area contributed by atoms with Crippen molar-refractivity contribution in [3.63, 3.8) is 0 Å². The second-order valence-electron chi connectivity index (χ2n) is 11.6. The van der Waals surface area contributed by atoms with Gasteiger partial charge >= 0.3 is 0 Å². The van der Waals surface area contributed by atoms with E-state index >= 15 is 0 Å². The first kappa shape index (κ1) is 28.4. The normalized spacial score (nSPS) is 22.4. The van der Waals surface area contributed by atoms with Crippen LogP contribution in [-0.4, -0.2) is 6.61 Å². The van der Waals surface area contributed by atoms with Gasteiger partial charge in [-0.05, 0) is 104 Å². The van der Waals surface area contributed by atoms with Gasteiger partial charge in [0.2, 0.25) is 11.6 Å². The maximum absolute atomic E-state index is 14.3. The van der Waals surface area contributed by atoms with Gasteiger partial charge in [-0.3, -0.25) is 0 Å². The summed E-state index contributed by atoms with van der Waals surface area (Å²) in [5.74, 6) is 2.08. The third-order valence-electron chi connectivity index (χ3n) is 8.90. The van der Waals surface area contributed by atoms with Gasteiger partial charge in [0.25, 0.3) is 0 Å². The molecule has 2 aliphatic carbocycles. The molecular formula is C35H42F2O3. The average Bonchev–Trinajstić information content (AvgIpc) is 2.99. The number of hydrogen-bond acceptors (Lipinski definition) is 3. The van der Waals surface area contributed by atoms with Gasteiger partial charge < -0.3 is 14.2 Å². The molecule has 3 aromatic rings. The molecule has 4 unspecified atom stereocenters. The molecule has 2 saturated carbocycles. The van der Waals surface area contributed by atoms with Crippen molar-refractivity contribution in [2.75, 3.05) is 6.61 Å². The predicted molar refractivity (Wildman–Crippen MR) is 155 cm³/mol. The van der Waals surface area contributed by atoms with Crippen molar-refractivity contribution in [2.45, 2.75) is 84.3 Å². The third-order valence-corrected chi connectivity index (χ3v) is 8.90. The SMILES string of the molecule is CCCC1CCC2CC(c3ccc(OCc4ccc(COc5ccc(OCC)c(F)c5F)cc4)cc3)CCC2C1. The van der Waals surface area contributed by atoms with Crippen molar-refractivity contribution in [3.05, 3.63) is 89.0 Å². The molecule has 0 spiro atoms. The summed E-state index contributed by atoms with van der Waals surface area (Å²) in [6.07, 6.45) is 11.1. The molecule has 3 aromatic carbocycles. The van der Waals surface area contributed by atoms with E-state index in [1.807, 2.05) is 24.3 Å². The Morgan fingerprint density at radius 1 is 0.650 bits per heavy atom. The van der Waals surface area contributed by atoms with Crippen LogP contribution in [0.3, 0.4) is 0 Å². The Bertz CT molecular complexity index is 1220. The first-order chi connectivity index (χ1) is 19.5. The van der Waals surface area contributed by atoms with Crippen molar-refractivity contribution < 1.29 is 23.0 Å². The smallest absolute Gasteiger partial charge is 0.204 e. The van der Waals surface area contributed by atoms with Crippen LogP contribution in [0.1, 0.15) is 87.8 Å². The van der Waals surface area contributed by atoms with Gasteiger partial charge in [0.1, 0.15) is 19.0 Å². The molecule has 0 amide bonds. The molecule has 0 radical (unpaired) electrons. The average molecular weight is 549 g/mol. The summed E-state index contributed by atoms with van der Waals surface area (Å²) in [5.41, 5.74) is 3.34. The first-order valence-electron chi connectivity index (χ1n) is 15.1. The van der Waals surface area contributed by atoms with Gasteiger partial charge in [0, 0.05) is 0 Å². The minimum atomic E-state index is -1.04. The van der Waals surface area contributed by atoms with Gasteiger partial charge in [0.05, 0.1) is 6.61 Å². The molecule has 2 aliphatic rings. The summed E-state index contributed by atoms with van der Waals surface area (Å²) in [6, 6.07) is 19.3. The number of hydrogen-bond donors (Lipinski definition) is 0. The fourth-order valence-electron chi connectivity index (χ4n) is 6.75. The van der Waals surface area contributed by atoms with Crippen LogP contribution in [0.15, 0.2) is 60.7 Å². The van der Waals surface area contributed by atoms with Crippen LogP contribution < -0.4 is 14.2 Å². The van der Waals surface area contributed by atoms with Gasteiger partial charge in [-0.1, -0.05) is 62.6 Å². The Labute approximate surface area is 237 Å². The van der Waals surface area contributed by atoms with Crippen LogP contribution in [-0.2, 0) is 13.2 Å². The Hall–Kier alpha value is -3.08. The molecule has 5 rings (SSSR count). The molecular weight excluding hydrogens is 506 g/mol. The molecule has 214 valence electrons. The van der Waals surface area contributed by atoms with E-state index in [9.17, 15) is 8.78 Å². The highest BCUT2D eigenvalue weighted by molar-refractivity contribution is 5.35. The summed E-state index contributed by atoms with van der Waals surface area (Å²) in [4.78, 5) is 0. The monoisotopic (exact) mass is 548 g/mol. The second kappa shape index (κ2) is 13.5. The van der Waals surface area contributed by atoms with Crippen LogP contribution in [0.5, 0.6) is 17.2 Å². The molecule has 2 fully saturated rings. The highest BCUT2D eigenvalue weighted by Crippen LogP contribution is 2.48. The van der Waals surface area contributed by atoms with Crippen LogP contribution in [0, 0.1) is 29.4 Å². The zero-order valence-electron chi connectivity index (χ0n) is 23.8. The Kier molecular flexibility index (Phi) is 9.62. The van der Waals surface area contributed by atoms with Gasteiger partial charge in [0.15, 0.2) is 11.5 Å². The summed E-state index contributed by atoms with van der Waals surface area (Å²) in [6.45, 7) is 4.90. The lowest BCUT2D eigenvalue weighted by Crippen LogP contribution is -2.30. The lowest BCUT2D eigenvalue weighted by molar-refractivity contribution is 0.114. The van der Waals surface area contributed by atoms with Crippen molar-refractivity contribution >= 4 is 0 Å². The van der Waals surface area contributed by atoms with Gasteiger partial charge in [-0.25, -0.2) is 0 Å². The zero-order valence-corrected chi connectivity index (χ0v) is 23.8. The van der Waals surface area contributed by atoms with E-state index in [0.29, 0.717) is 12.5 Å². The third kappa shape index (κ3) is 6.97. The van der Waals surface area contributed by atoms with E-state index in [1.54, 1.807) is 6.92 Å². The lowest BCUT2D eigenvalue weighted by atomic mass is 9.63. The molecule has 5 heteroatoms. The lowest BCUT2D eigenvalue weighted by Gasteiger charge is -2.42. The largest absolute Gasteiger partial charge is 0.491 e. The Morgan fingerprint density at radius 2 is 1.25 bits per heavy atom. The maximum atomic E-state index is 14.3. The quantitative estimate of drug-likeness (QED) is 0.239. The standard InChI is InChI=1S/C35H42F2O3/c1-3-5-24-10-11-30-21-29(13-12-28(30)20-24)27-14-16-31(17-15-27)39-22-25-6-8-26(9-7-25)23-40-33-19-18-32(38-4-2)34(36)35(33)37/h6-9,14-19,24,28-30H,3-5,10-13,20-23H2,1-2H3. The zero-order chi connectivity index (χ0) is 27.9. The Balaban J connectivity index is 1.08. The molecule has 0 aliphatic heterocycles. The molecule has 40 heavy (non-hydrogen) atoms. The molecule has 0 bridgehead atoms. The second-order valence-corrected chi connectivity index (χ2v) is 11.6. The molecule has 3 nitrogen and oxygen atoms in total. The van der Waals surface area contributed by atoms with Crippen LogP contribution in [0.2, 0.25) is 0 Å². The number of fused-ring (bicyclic) bond motifs is 1. The predicted octanol–water partition coefficient (Wildman–Crippen LogP) is 9.62.